The molecule has 0 spiro atoms. The Labute approximate surface area is 358 Å². The number of alkyl carbamates (subject to hydrolysis) is 1. The molecule has 1 aromatic heterocycles. The summed E-state index contributed by atoms with van der Waals surface area (Å²) in [6.45, 7) is 17.0. The fraction of sp³-hybridized carbons (Fsp3) is 0.651. The van der Waals surface area contributed by atoms with Crippen molar-refractivity contribution in [3.8, 4) is 0 Å². The predicted octanol–water partition coefficient (Wildman–Crippen LogP) is 4.98. The molecule has 3 rings (SSSR count). The van der Waals surface area contributed by atoms with Crippen LogP contribution in [0.2, 0.25) is 0 Å². The average Bonchev–Trinajstić information content (AvgIpc) is 3.81. The first kappa shape index (κ1) is 49.8. The maximum atomic E-state index is 14.1. The zero-order valence-electron chi connectivity index (χ0n) is 37.1. The molecule has 1 aromatic carbocycles. The number of likely N-dealkylation sites (tertiary alicyclic amines) is 1. The van der Waals surface area contributed by atoms with Gasteiger partial charge in [-0.15, -0.1) is 11.3 Å². The van der Waals surface area contributed by atoms with Gasteiger partial charge in [-0.05, 0) is 96.5 Å². The highest BCUT2D eigenvalue weighted by Crippen LogP contribution is 2.30. The fourth-order valence-electron chi connectivity index (χ4n) is 7.16. The number of likely N-dealkylation sites (N-methyl/N-ethyl adjacent to an activating group) is 2. The Bertz CT molecular complexity index is 1800. The van der Waals surface area contributed by atoms with Gasteiger partial charge in [0.2, 0.25) is 17.7 Å². The molecule has 16 nitrogen and oxygen atoms in total. The minimum Gasteiger partial charge on any atom is -0.481 e. The number of hydrogen-bond donors (Lipinski definition) is 6. The Balaban J connectivity index is 1.68. The molecule has 1 saturated heterocycles. The Morgan fingerprint density at radius 3 is 2.23 bits per heavy atom. The number of benzene rings is 1. The van der Waals surface area contributed by atoms with E-state index >= 15 is 0 Å². The second kappa shape index (κ2) is 21.8. The monoisotopic (exact) mass is 857 g/mol. The van der Waals surface area contributed by atoms with Gasteiger partial charge in [-0.1, -0.05) is 53.2 Å². The number of nitrogens with one attached hydrogen (secondary N) is 4. The number of ether oxygens (including phenoxy) is 1. The van der Waals surface area contributed by atoms with E-state index < -0.39 is 65.2 Å². The molecule has 0 bridgehead atoms. The van der Waals surface area contributed by atoms with Gasteiger partial charge in [-0.2, -0.15) is 0 Å². The third-order valence-electron chi connectivity index (χ3n) is 11.3. The van der Waals surface area contributed by atoms with Crippen molar-refractivity contribution >= 4 is 52.7 Å². The summed E-state index contributed by atoms with van der Waals surface area (Å²) in [5, 5.41) is 34.0. The smallest absolute Gasteiger partial charge is 0.408 e. The number of aliphatic hydroxyl groups is 1. The van der Waals surface area contributed by atoms with Gasteiger partial charge in [0, 0.05) is 36.6 Å². The Hall–Kier alpha value is -4.61. The number of anilines is 1. The molecule has 1 aliphatic heterocycles. The van der Waals surface area contributed by atoms with E-state index in [2.05, 4.69) is 26.3 Å². The average molecular weight is 858 g/mol. The molecular formula is C43H67N7O9S. The lowest BCUT2D eigenvalue weighted by Crippen LogP contribution is -2.60. The standard InChI is InChI=1S/C43H67N7O9S/c1-12-26(4)35(48-40(57)43(9)18-13-19-49(43)10)38(54)50(11)32(25(2)3)22-33(51)37-47-31(24-60-37)36(53)46-30(20-27(5)39(55)56)21-28-14-16-29(17-15-28)45-34(52)23-44-41(58)59-42(6,7)8/h14-17,24-27,30,32-33,35,51H,12-13,18-23H2,1-11H3,(H,44,58)(H,45,52)(H,46,53)(H,48,57)(H,55,56)/t26?,27?,30?,32?,33?,35?,43-/m1/s1. The van der Waals surface area contributed by atoms with Crippen molar-refractivity contribution in [2.75, 3.05) is 32.5 Å². The number of thiazole rings is 1. The minimum atomic E-state index is -1.10. The summed E-state index contributed by atoms with van der Waals surface area (Å²) in [5.41, 5.74) is -0.0890. The van der Waals surface area contributed by atoms with Gasteiger partial charge in [0.15, 0.2) is 0 Å². The van der Waals surface area contributed by atoms with Gasteiger partial charge in [-0.3, -0.25) is 28.9 Å². The number of aliphatic hydroxyl groups excluding tert-OH is 1. The number of amides is 5. The summed E-state index contributed by atoms with van der Waals surface area (Å²) < 4.78 is 5.14. The minimum absolute atomic E-state index is 0.0633. The summed E-state index contributed by atoms with van der Waals surface area (Å²) in [7, 11) is 3.62. The molecule has 0 radical (unpaired) electrons. The van der Waals surface area contributed by atoms with Crippen molar-refractivity contribution in [3.63, 3.8) is 0 Å². The van der Waals surface area contributed by atoms with Crippen LogP contribution in [0.3, 0.4) is 0 Å². The number of rotatable bonds is 20. The second-order valence-electron chi connectivity index (χ2n) is 17.7. The topological polar surface area (TPSA) is 220 Å². The third kappa shape index (κ3) is 14.3. The Kier molecular flexibility index (Phi) is 18.1. The summed E-state index contributed by atoms with van der Waals surface area (Å²) in [6, 6.07) is 5.07. The van der Waals surface area contributed by atoms with E-state index in [0.717, 1.165) is 29.9 Å². The lowest BCUT2D eigenvalue weighted by atomic mass is 9.91. The van der Waals surface area contributed by atoms with Crippen LogP contribution in [-0.4, -0.2) is 117 Å². The van der Waals surface area contributed by atoms with Crippen LogP contribution in [0, 0.1) is 17.8 Å². The van der Waals surface area contributed by atoms with Gasteiger partial charge < -0.3 is 41.1 Å². The first-order chi connectivity index (χ1) is 27.9. The first-order valence-electron chi connectivity index (χ1n) is 20.8. The van der Waals surface area contributed by atoms with Crippen LogP contribution in [0.4, 0.5) is 10.5 Å². The molecule has 2 aromatic rings. The zero-order valence-corrected chi connectivity index (χ0v) is 37.9. The molecule has 6 unspecified atom stereocenters. The van der Waals surface area contributed by atoms with Crippen molar-refractivity contribution < 1.29 is 43.7 Å². The summed E-state index contributed by atoms with van der Waals surface area (Å²) in [6.07, 6.45) is 1.02. The quantitative estimate of drug-likeness (QED) is 0.104. The van der Waals surface area contributed by atoms with Crippen LogP contribution in [0.5, 0.6) is 0 Å². The largest absolute Gasteiger partial charge is 0.481 e. The number of carboxylic acids is 1. The van der Waals surface area contributed by atoms with Gasteiger partial charge in [0.25, 0.3) is 5.91 Å². The summed E-state index contributed by atoms with van der Waals surface area (Å²) >= 11 is 1.11. The maximum Gasteiger partial charge on any atom is 0.408 e. The third-order valence-corrected chi connectivity index (χ3v) is 12.2. The lowest BCUT2D eigenvalue weighted by Gasteiger charge is -2.38. The van der Waals surface area contributed by atoms with Crippen molar-refractivity contribution in [2.45, 2.75) is 136 Å². The first-order valence-corrected chi connectivity index (χ1v) is 21.6. The molecule has 0 saturated carbocycles. The van der Waals surface area contributed by atoms with Crippen LogP contribution >= 0.6 is 11.3 Å². The van der Waals surface area contributed by atoms with Gasteiger partial charge in [-0.25, -0.2) is 9.78 Å². The predicted molar refractivity (Wildman–Crippen MR) is 230 cm³/mol. The number of carbonyl (C=O) groups is 6. The van der Waals surface area contributed by atoms with Crippen LogP contribution in [0.15, 0.2) is 29.6 Å². The summed E-state index contributed by atoms with van der Waals surface area (Å²) in [5.74, 6) is -3.37. The van der Waals surface area contributed by atoms with Crippen LogP contribution < -0.4 is 21.3 Å². The lowest BCUT2D eigenvalue weighted by molar-refractivity contribution is -0.142. The van der Waals surface area contributed by atoms with Crippen molar-refractivity contribution in [1.29, 1.82) is 0 Å². The maximum absolute atomic E-state index is 14.1. The van der Waals surface area contributed by atoms with E-state index in [1.54, 1.807) is 63.9 Å². The molecular weight excluding hydrogens is 791 g/mol. The van der Waals surface area contributed by atoms with Crippen molar-refractivity contribution in [1.82, 2.24) is 30.7 Å². The molecule has 60 heavy (non-hydrogen) atoms. The molecule has 334 valence electrons. The van der Waals surface area contributed by atoms with E-state index in [1.165, 1.54) is 5.38 Å². The number of hydrogen-bond acceptors (Lipinski definition) is 11. The highest BCUT2D eigenvalue weighted by Gasteiger charge is 2.44. The molecule has 1 fully saturated rings. The Morgan fingerprint density at radius 2 is 1.68 bits per heavy atom. The normalized spacial score (nSPS) is 18.7. The van der Waals surface area contributed by atoms with E-state index in [0.29, 0.717) is 23.5 Å². The van der Waals surface area contributed by atoms with Gasteiger partial charge in [0.1, 0.15) is 35.0 Å². The van der Waals surface area contributed by atoms with Gasteiger partial charge >= 0.3 is 12.1 Å². The summed E-state index contributed by atoms with van der Waals surface area (Å²) in [4.78, 5) is 85.4. The molecule has 2 heterocycles. The number of carbonyl (C=O) groups excluding carboxylic acids is 5. The highest BCUT2D eigenvalue weighted by molar-refractivity contribution is 7.09. The van der Waals surface area contributed by atoms with E-state index in [-0.39, 0.29) is 55.2 Å². The molecule has 0 aliphatic carbocycles. The molecule has 7 atom stereocenters. The number of aromatic nitrogens is 1. The molecule has 1 aliphatic rings. The molecule has 6 N–H and O–H groups in total. The van der Waals surface area contributed by atoms with Crippen molar-refractivity contribution in [3.05, 3.63) is 45.9 Å². The number of aliphatic carboxylic acids is 1. The van der Waals surface area contributed by atoms with E-state index in [4.69, 9.17) is 4.74 Å². The molecule has 17 heteroatoms. The Morgan fingerprint density at radius 1 is 1.03 bits per heavy atom. The van der Waals surface area contributed by atoms with Crippen molar-refractivity contribution in [2.24, 2.45) is 17.8 Å². The number of carboxylic acid groups (broad SMARTS) is 1. The zero-order chi connectivity index (χ0) is 45.1. The highest BCUT2D eigenvalue weighted by atomic mass is 32.1. The van der Waals surface area contributed by atoms with Crippen LogP contribution in [-0.2, 0) is 30.3 Å². The molecule has 5 amide bonds. The SMILES string of the molecule is CCC(C)C(NC(=O)[C@@]1(C)CCCN1C)C(=O)N(C)C(CC(O)c1nc(C(=O)NC(Cc2ccc(NC(=O)CNC(=O)OC(C)(C)C)cc2)CC(C)C(=O)O)cs1)C(C)C. The number of nitrogens with zero attached hydrogens (tertiary/aromatic N) is 3. The van der Waals surface area contributed by atoms with E-state index in [9.17, 15) is 39.0 Å². The second-order valence-corrected chi connectivity index (χ2v) is 18.6. The van der Waals surface area contributed by atoms with Crippen LogP contribution in [0.25, 0.3) is 0 Å². The van der Waals surface area contributed by atoms with Crippen LogP contribution in [0.1, 0.15) is 122 Å². The van der Waals surface area contributed by atoms with E-state index in [1.807, 2.05) is 46.6 Å². The fourth-order valence-corrected chi connectivity index (χ4v) is 7.96. The van der Waals surface area contributed by atoms with Gasteiger partial charge in [0.05, 0.1) is 11.5 Å².